The Morgan fingerprint density at radius 2 is 2.15 bits per heavy atom. The molecule has 173 valence electrons. The summed E-state index contributed by atoms with van der Waals surface area (Å²) in [6.07, 6.45) is 0.566. The summed E-state index contributed by atoms with van der Waals surface area (Å²) in [5, 5.41) is 5.53. The molecule has 0 spiro atoms. The first-order chi connectivity index (χ1) is 15.7. The standard InChI is InChI=1S/C20H19BrFN3O4S.BHNS/c1-4-28-19(26)11(3)29-20(27)15-10(2)24-17(18-23-7-8-30-18)25-16(15)13-6-5-12(22)9-14(13)21;1-2-3/h5-9,11,16H,4H2,1-3H3,(H,24,25);3H/t11-,16+;/m1./s1. The van der Waals surface area contributed by atoms with Crippen molar-refractivity contribution in [1.82, 2.24) is 10.3 Å². The van der Waals surface area contributed by atoms with Gasteiger partial charge < -0.3 is 14.8 Å². The van der Waals surface area contributed by atoms with Gasteiger partial charge in [0.1, 0.15) is 11.9 Å². The number of amidine groups is 1. The fourth-order valence-corrected chi connectivity index (χ4v) is 4.03. The summed E-state index contributed by atoms with van der Waals surface area (Å²) < 4.78 is 27.0. The van der Waals surface area contributed by atoms with Gasteiger partial charge in [-0.3, -0.25) is 4.99 Å². The molecule has 0 fully saturated rings. The van der Waals surface area contributed by atoms with Gasteiger partial charge in [0.2, 0.25) is 0 Å². The molecule has 2 aromatic rings. The van der Waals surface area contributed by atoms with Gasteiger partial charge in [0.05, 0.1) is 12.2 Å². The van der Waals surface area contributed by atoms with E-state index in [4.69, 9.17) is 9.47 Å². The van der Waals surface area contributed by atoms with Crippen LogP contribution in [0.15, 0.2) is 54.8 Å². The van der Waals surface area contributed by atoms with Gasteiger partial charge in [-0.05, 0) is 38.5 Å². The van der Waals surface area contributed by atoms with E-state index in [0.717, 1.165) is 0 Å². The number of thiazole rings is 1. The third kappa shape index (κ3) is 7.05. The van der Waals surface area contributed by atoms with Crippen LogP contribution in [0.3, 0.4) is 0 Å². The van der Waals surface area contributed by atoms with Gasteiger partial charge in [0.15, 0.2) is 16.9 Å². The number of esters is 2. The Bertz CT molecular complexity index is 1080. The molecule has 0 amide bonds. The van der Waals surface area contributed by atoms with Crippen LogP contribution in [0.1, 0.15) is 37.4 Å². The summed E-state index contributed by atoms with van der Waals surface area (Å²) in [6.45, 7) is 4.99. The number of thiol groups is 1. The predicted molar refractivity (Wildman–Crippen MR) is 131 cm³/mol. The Balaban J connectivity index is 0.00000122. The van der Waals surface area contributed by atoms with Gasteiger partial charge in [-0.2, -0.15) is 0 Å². The molecule has 1 aromatic heterocycles. The number of hydrogen-bond acceptors (Lipinski definition) is 10. The second-order valence-electron chi connectivity index (χ2n) is 6.46. The fourth-order valence-electron chi connectivity index (χ4n) is 2.87. The average molecular weight is 554 g/mol. The van der Waals surface area contributed by atoms with Crippen molar-refractivity contribution in [2.24, 2.45) is 9.29 Å². The summed E-state index contributed by atoms with van der Waals surface area (Å²) in [5.41, 5.74) is 1.28. The van der Waals surface area contributed by atoms with E-state index in [0.29, 0.717) is 26.6 Å². The molecule has 0 aliphatic carbocycles. The van der Waals surface area contributed by atoms with Crippen LogP contribution in [0, 0.1) is 5.82 Å². The van der Waals surface area contributed by atoms with E-state index in [1.54, 1.807) is 26.1 Å². The number of halogens is 2. The molecular weight excluding hydrogens is 534 g/mol. The summed E-state index contributed by atoms with van der Waals surface area (Å²) in [6, 6.07) is 3.35. The molecule has 0 saturated heterocycles. The Labute approximate surface area is 209 Å². The third-order valence-electron chi connectivity index (χ3n) is 4.26. The maximum atomic E-state index is 13.6. The summed E-state index contributed by atoms with van der Waals surface area (Å²) in [4.78, 5) is 33.8. The summed E-state index contributed by atoms with van der Waals surface area (Å²) in [7, 11) is 4.34. The van der Waals surface area contributed by atoms with E-state index >= 15 is 0 Å². The molecule has 33 heavy (non-hydrogen) atoms. The summed E-state index contributed by atoms with van der Waals surface area (Å²) in [5.74, 6) is -1.30. The normalized spacial score (nSPS) is 15.9. The first-order valence-corrected chi connectivity index (χ1v) is 11.6. The van der Waals surface area contributed by atoms with E-state index in [2.05, 4.69) is 56.0 Å². The number of benzene rings is 1. The van der Waals surface area contributed by atoms with E-state index in [-0.39, 0.29) is 12.2 Å². The molecule has 0 bridgehead atoms. The van der Waals surface area contributed by atoms with Crippen molar-refractivity contribution in [1.29, 1.82) is 0 Å². The number of carbonyl (C=O) groups excluding carboxylic acids is 2. The fraction of sp³-hybridized carbons (Fsp3) is 0.300. The minimum atomic E-state index is -1.08. The zero-order chi connectivity index (χ0) is 24.5. The molecule has 0 saturated carbocycles. The monoisotopic (exact) mass is 553 g/mol. The van der Waals surface area contributed by atoms with Crippen LogP contribution in [-0.4, -0.2) is 43.1 Å². The van der Waals surface area contributed by atoms with Crippen molar-refractivity contribution >= 4 is 65.5 Å². The molecule has 13 heteroatoms. The number of ether oxygens (including phenoxy) is 2. The molecule has 0 unspecified atom stereocenters. The SMILES string of the molecule is CCOC(=O)[C@@H](C)OC(=O)C1=C(C)NC(c2nccs2)=N[C@H]1c1ccc(F)cc1Br.[B]=NS. The average Bonchev–Trinajstić information content (AvgIpc) is 3.29. The van der Waals surface area contributed by atoms with Gasteiger partial charge in [0, 0.05) is 21.7 Å². The molecular formula is C20H20BBrFN4O4S2. The van der Waals surface area contributed by atoms with E-state index in [1.807, 2.05) is 5.38 Å². The van der Waals surface area contributed by atoms with Crippen LogP contribution >= 0.6 is 40.1 Å². The Morgan fingerprint density at radius 3 is 2.73 bits per heavy atom. The van der Waals surface area contributed by atoms with E-state index in [1.165, 1.54) is 30.4 Å². The number of rotatable bonds is 6. The topological polar surface area (TPSA) is 102 Å². The molecule has 1 aliphatic heterocycles. The second kappa shape index (κ2) is 12.8. The number of hydrogen-bond donors (Lipinski definition) is 2. The van der Waals surface area contributed by atoms with Gasteiger partial charge in [0.25, 0.3) is 0 Å². The third-order valence-corrected chi connectivity index (χ3v) is 5.72. The number of nitrogens with zero attached hydrogens (tertiary/aromatic N) is 3. The van der Waals surface area contributed by atoms with Crippen molar-refractivity contribution in [2.45, 2.75) is 32.9 Å². The molecule has 2 atom stereocenters. The Kier molecular flexibility index (Phi) is 10.4. The molecule has 3 rings (SSSR count). The van der Waals surface area contributed by atoms with Gasteiger partial charge >= 0.3 is 36.7 Å². The van der Waals surface area contributed by atoms with E-state index in [9.17, 15) is 14.0 Å². The molecule has 8 nitrogen and oxygen atoms in total. The van der Waals surface area contributed by atoms with E-state index < -0.39 is 29.9 Å². The molecule has 1 radical (unpaired) electrons. The Morgan fingerprint density at radius 1 is 1.45 bits per heavy atom. The van der Waals surface area contributed by atoms with Crippen molar-refractivity contribution in [2.75, 3.05) is 6.61 Å². The first kappa shape index (κ1) is 26.9. The van der Waals surface area contributed by atoms with Gasteiger partial charge in [-0.15, -0.1) is 11.3 Å². The number of carbonyl (C=O) groups is 2. The number of nitrogens with one attached hydrogen (secondary N) is 1. The van der Waals surface area contributed by atoms with Gasteiger partial charge in [-0.25, -0.2) is 19.0 Å². The van der Waals surface area contributed by atoms with Gasteiger partial charge in [-0.1, -0.05) is 22.0 Å². The Hall–Kier alpha value is -2.38. The second-order valence-corrected chi connectivity index (χ2v) is 8.44. The van der Waals surface area contributed by atoms with Crippen LogP contribution in [0.25, 0.3) is 0 Å². The maximum absolute atomic E-state index is 13.6. The molecule has 2 heterocycles. The van der Waals surface area contributed by atoms with Crippen LogP contribution in [0.2, 0.25) is 0 Å². The van der Waals surface area contributed by atoms with Crippen LogP contribution in [0.4, 0.5) is 4.39 Å². The van der Waals surface area contributed by atoms with Crippen molar-refractivity contribution in [3.63, 3.8) is 0 Å². The number of aromatic nitrogens is 1. The molecule has 1 aromatic carbocycles. The predicted octanol–water partition coefficient (Wildman–Crippen LogP) is 4.09. The number of aliphatic imine (C=N–C) groups is 1. The van der Waals surface area contributed by atoms with Crippen molar-refractivity contribution in [3.05, 3.63) is 61.9 Å². The van der Waals surface area contributed by atoms with Crippen molar-refractivity contribution < 1.29 is 23.5 Å². The first-order valence-electron chi connectivity index (χ1n) is 9.55. The molecule has 1 aliphatic rings. The van der Waals surface area contributed by atoms with Crippen LogP contribution in [0.5, 0.6) is 0 Å². The minimum absolute atomic E-state index is 0.177. The zero-order valence-electron chi connectivity index (χ0n) is 17.9. The zero-order valence-corrected chi connectivity index (χ0v) is 21.2. The quantitative estimate of drug-likeness (QED) is 0.317. The van der Waals surface area contributed by atoms with Crippen molar-refractivity contribution in [3.8, 4) is 0 Å². The number of allylic oxidation sites excluding steroid dienone is 1. The van der Waals surface area contributed by atoms with Crippen LogP contribution < -0.4 is 5.32 Å². The van der Waals surface area contributed by atoms with Crippen LogP contribution in [-0.2, 0) is 19.1 Å². The summed E-state index contributed by atoms with van der Waals surface area (Å²) >= 11 is 7.93. The molecule has 1 N–H and O–H groups in total.